The fourth-order valence-electron chi connectivity index (χ4n) is 3.63. The van der Waals surface area contributed by atoms with Gasteiger partial charge in [-0.2, -0.15) is 0 Å². The number of ether oxygens (including phenoxy) is 2. The predicted octanol–water partition coefficient (Wildman–Crippen LogP) is 1.70. The molecule has 0 aliphatic carbocycles. The van der Waals surface area contributed by atoms with Crippen LogP contribution in [-0.4, -0.2) is 79.5 Å². The second-order valence-electron chi connectivity index (χ2n) is 6.83. The average molecular weight is 376 g/mol. The molecule has 0 aromatic heterocycles. The summed E-state index contributed by atoms with van der Waals surface area (Å²) in [4.78, 5) is 39.0. The van der Waals surface area contributed by atoms with Crippen LogP contribution in [0.4, 0.5) is 13.6 Å². The molecule has 2 rings (SSSR count). The van der Waals surface area contributed by atoms with Gasteiger partial charge in [-0.1, -0.05) is 0 Å². The Morgan fingerprint density at radius 3 is 2.54 bits per heavy atom. The van der Waals surface area contributed by atoms with Crippen LogP contribution < -0.4 is 0 Å². The minimum absolute atomic E-state index is 0.205. The molecule has 26 heavy (non-hydrogen) atoms. The molecular formula is C17H26F2N2O5. The van der Waals surface area contributed by atoms with E-state index in [9.17, 15) is 23.2 Å². The molecule has 2 fully saturated rings. The number of carbonyl (C=O) groups excluding carboxylic acids is 3. The van der Waals surface area contributed by atoms with Gasteiger partial charge < -0.3 is 14.4 Å². The van der Waals surface area contributed by atoms with Crippen LogP contribution in [0.3, 0.4) is 0 Å². The number of halogens is 2. The first-order chi connectivity index (χ1) is 12.3. The minimum Gasteiger partial charge on any atom is -0.466 e. The summed E-state index contributed by atoms with van der Waals surface area (Å²) in [5.41, 5.74) is 0. The Morgan fingerprint density at radius 2 is 1.96 bits per heavy atom. The first-order valence-corrected chi connectivity index (χ1v) is 8.89. The molecule has 0 N–H and O–H groups in total. The van der Waals surface area contributed by atoms with E-state index in [0.717, 1.165) is 0 Å². The third-order valence-corrected chi connectivity index (χ3v) is 4.92. The number of nitrogens with zero attached hydrogens (tertiary/aromatic N) is 2. The topological polar surface area (TPSA) is 76.2 Å². The van der Waals surface area contributed by atoms with E-state index in [1.165, 1.54) is 12.0 Å². The number of rotatable bonds is 6. The lowest BCUT2D eigenvalue weighted by molar-refractivity contribution is -0.146. The highest BCUT2D eigenvalue weighted by atomic mass is 19.3. The predicted molar refractivity (Wildman–Crippen MR) is 87.9 cm³/mol. The number of hydrogen-bond donors (Lipinski definition) is 0. The maximum Gasteiger partial charge on any atom is 0.409 e. The summed E-state index contributed by atoms with van der Waals surface area (Å²) in [6, 6.07) is -0.402. The van der Waals surface area contributed by atoms with Crippen LogP contribution in [0.25, 0.3) is 0 Å². The van der Waals surface area contributed by atoms with Gasteiger partial charge >= 0.3 is 12.1 Å². The van der Waals surface area contributed by atoms with Crippen LogP contribution in [0.15, 0.2) is 0 Å². The van der Waals surface area contributed by atoms with Crippen molar-refractivity contribution >= 4 is 17.8 Å². The summed E-state index contributed by atoms with van der Waals surface area (Å²) in [6.07, 6.45) is -0.290. The number of piperidine rings is 1. The molecule has 1 amide bonds. The minimum atomic E-state index is -2.72. The Kier molecular flexibility index (Phi) is 6.91. The SMILES string of the molecule is CCOC(=O)CC(=O)[C@H]1CCN(C(=O)OC)[C@H](CN2CCC(F)(F)C2)C1. The number of likely N-dealkylation sites (tertiary alicyclic amines) is 2. The summed E-state index contributed by atoms with van der Waals surface area (Å²) >= 11 is 0. The van der Waals surface area contributed by atoms with Crippen molar-refractivity contribution < 1.29 is 32.6 Å². The van der Waals surface area contributed by atoms with Gasteiger partial charge in [0.25, 0.3) is 5.92 Å². The Morgan fingerprint density at radius 1 is 1.23 bits per heavy atom. The third kappa shape index (κ3) is 5.36. The second-order valence-corrected chi connectivity index (χ2v) is 6.83. The van der Waals surface area contributed by atoms with Gasteiger partial charge in [0.1, 0.15) is 12.2 Å². The molecule has 0 spiro atoms. The van der Waals surface area contributed by atoms with E-state index in [1.807, 2.05) is 0 Å². The van der Waals surface area contributed by atoms with Crippen molar-refractivity contribution in [3.63, 3.8) is 0 Å². The number of hydrogen-bond acceptors (Lipinski definition) is 6. The molecule has 2 atom stereocenters. The Hall–Kier alpha value is -1.77. The van der Waals surface area contributed by atoms with Crippen LogP contribution in [0.1, 0.15) is 32.6 Å². The molecule has 0 bridgehead atoms. The van der Waals surface area contributed by atoms with E-state index in [2.05, 4.69) is 0 Å². The number of alkyl halides is 2. The van der Waals surface area contributed by atoms with E-state index in [4.69, 9.17) is 9.47 Å². The molecule has 0 aromatic rings. The summed E-state index contributed by atoms with van der Waals surface area (Å²) < 4.78 is 36.5. The van der Waals surface area contributed by atoms with Gasteiger partial charge in [-0.25, -0.2) is 13.6 Å². The van der Waals surface area contributed by atoms with Crippen LogP contribution in [0.2, 0.25) is 0 Å². The van der Waals surface area contributed by atoms with Crippen LogP contribution in [0, 0.1) is 5.92 Å². The number of amides is 1. The Labute approximate surface area is 151 Å². The molecule has 0 saturated carbocycles. The van der Waals surface area contributed by atoms with Gasteiger partial charge in [0.2, 0.25) is 0 Å². The smallest absolute Gasteiger partial charge is 0.409 e. The number of Topliss-reactive ketones (excluding diaryl/α,β-unsaturated/α-hetero) is 1. The van der Waals surface area contributed by atoms with E-state index >= 15 is 0 Å². The maximum absolute atomic E-state index is 13.4. The highest BCUT2D eigenvalue weighted by molar-refractivity contribution is 5.96. The molecule has 7 nitrogen and oxygen atoms in total. The average Bonchev–Trinajstić information content (AvgIpc) is 2.92. The largest absolute Gasteiger partial charge is 0.466 e. The molecule has 2 heterocycles. The Balaban J connectivity index is 2.00. The van der Waals surface area contributed by atoms with Crippen molar-refractivity contribution in [1.82, 2.24) is 9.80 Å². The fourth-order valence-corrected chi connectivity index (χ4v) is 3.63. The van der Waals surface area contributed by atoms with E-state index in [-0.39, 0.29) is 44.9 Å². The van der Waals surface area contributed by atoms with Gasteiger partial charge in [-0.05, 0) is 19.8 Å². The quantitative estimate of drug-likeness (QED) is 0.519. The molecule has 2 aliphatic heterocycles. The fraction of sp³-hybridized carbons (Fsp3) is 0.824. The third-order valence-electron chi connectivity index (χ3n) is 4.92. The molecule has 148 valence electrons. The molecule has 2 aliphatic rings. The van der Waals surface area contributed by atoms with Crippen molar-refractivity contribution in [2.75, 3.05) is 39.9 Å². The molecule has 0 radical (unpaired) electrons. The van der Waals surface area contributed by atoms with Crippen LogP contribution in [0.5, 0.6) is 0 Å². The highest BCUT2D eigenvalue weighted by Gasteiger charge is 2.42. The van der Waals surface area contributed by atoms with Crippen molar-refractivity contribution in [2.45, 2.75) is 44.6 Å². The zero-order valence-corrected chi connectivity index (χ0v) is 15.2. The summed E-state index contributed by atoms with van der Waals surface area (Å²) in [7, 11) is 1.27. The van der Waals surface area contributed by atoms with Gasteiger partial charge in [-0.3, -0.25) is 14.5 Å². The standard InChI is InChI=1S/C17H26F2N2O5/c1-3-26-15(23)9-14(22)12-4-6-21(16(24)25-2)13(8-12)10-20-7-5-17(18,19)11-20/h12-13H,3-11H2,1-2H3/t12-,13-/m0/s1. The molecule has 0 aromatic carbocycles. The van der Waals surface area contributed by atoms with Crippen molar-refractivity contribution in [3.8, 4) is 0 Å². The van der Waals surface area contributed by atoms with Crippen molar-refractivity contribution in [1.29, 1.82) is 0 Å². The molecule has 0 unspecified atom stereocenters. The number of esters is 1. The number of carbonyl (C=O) groups is 3. The zero-order chi connectivity index (χ0) is 19.3. The van der Waals surface area contributed by atoms with Gasteiger partial charge in [0.15, 0.2) is 0 Å². The molecular weight excluding hydrogens is 350 g/mol. The van der Waals surface area contributed by atoms with Crippen LogP contribution >= 0.6 is 0 Å². The summed E-state index contributed by atoms with van der Waals surface area (Å²) in [6.45, 7) is 2.33. The monoisotopic (exact) mass is 376 g/mol. The number of ketones is 1. The van der Waals surface area contributed by atoms with E-state index in [1.54, 1.807) is 11.8 Å². The first-order valence-electron chi connectivity index (χ1n) is 8.89. The van der Waals surface area contributed by atoms with Crippen LogP contribution in [-0.2, 0) is 19.1 Å². The summed E-state index contributed by atoms with van der Waals surface area (Å²) in [5.74, 6) is -3.91. The van der Waals surface area contributed by atoms with Crippen molar-refractivity contribution in [2.24, 2.45) is 5.92 Å². The van der Waals surface area contributed by atoms with Gasteiger partial charge in [0.05, 0.1) is 20.3 Å². The Bertz CT molecular complexity index is 543. The highest BCUT2D eigenvalue weighted by Crippen LogP contribution is 2.30. The lowest BCUT2D eigenvalue weighted by atomic mass is 9.86. The molecule has 9 heteroatoms. The first kappa shape index (κ1) is 20.5. The normalized spacial score (nSPS) is 25.8. The van der Waals surface area contributed by atoms with Gasteiger partial charge in [0, 0.05) is 38.0 Å². The van der Waals surface area contributed by atoms with Crippen molar-refractivity contribution in [3.05, 3.63) is 0 Å². The summed E-state index contributed by atoms with van der Waals surface area (Å²) in [5, 5.41) is 0. The van der Waals surface area contributed by atoms with Gasteiger partial charge in [-0.15, -0.1) is 0 Å². The number of methoxy groups -OCH3 is 1. The van der Waals surface area contributed by atoms with E-state index in [0.29, 0.717) is 19.4 Å². The second kappa shape index (κ2) is 8.75. The molecule has 2 saturated heterocycles. The van der Waals surface area contributed by atoms with E-state index < -0.39 is 29.9 Å². The lowest BCUT2D eigenvalue weighted by Gasteiger charge is -2.39. The zero-order valence-electron chi connectivity index (χ0n) is 15.2. The lowest BCUT2D eigenvalue weighted by Crippen LogP contribution is -2.52. The maximum atomic E-state index is 13.4.